The van der Waals surface area contributed by atoms with Crippen LogP contribution in [0.25, 0.3) is 0 Å². The highest BCUT2D eigenvalue weighted by atomic mass is 16.5. The number of benzene rings is 1. The number of piperidine rings is 1. The second-order valence-electron chi connectivity index (χ2n) is 6.15. The quantitative estimate of drug-likeness (QED) is 0.858. The lowest BCUT2D eigenvalue weighted by Crippen LogP contribution is -2.45. The van der Waals surface area contributed by atoms with Gasteiger partial charge in [0, 0.05) is 32.5 Å². The Bertz CT molecular complexity index is 503. The van der Waals surface area contributed by atoms with E-state index in [2.05, 4.69) is 19.1 Å². The molecule has 0 spiro atoms. The van der Waals surface area contributed by atoms with Crippen molar-refractivity contribution < 1.29 is 14.3 Å². The minimum Gasteiger partial charge on any atom is -0.490 e. The first-order valence-corrected chi connectivity index (χ1v) is 8.42. The summed E-state index contributed by atoms with van der Waals surface area (Å²) in [5, 5.41) is 0. The molecule has 2 aliphatic heterocycles. The van der Waals surface area contributed by atoms with E-state index in [-0.39, 0.29) is 18.1 Å². The summed E-state index contributed by atoms with van der Waals surface area (Å²) in [6.07, 6.45) is 4.71. The summed E-state index contributed by atoms with van der Waals surface area (Å²) >= 11 is 0. The van der Waals surface area contributed by atoms with E-state index in [0.717, 1.165) is 57.6 Å². The molecule has 0 aliphatic carbocycles. The Hall–Kier alpha value is -1.55. The summed E-state index contributed by atoms with van der Waals surface area (Å²) in [5.41, 5.74) is 1.29. The Morgan fingerprint density at radius 1 is 1.32 bits per heavy atom. The topological polar surface area (TPSA) is 38.8 Å². The maximum absolute atomic E-state index is 12.3. The number of likely N-dealkylation sites (tertiary alicyclic amines) is 1. The van der Waals surface area contributed by atoms with Crippen molar-refractivity contribution in [1.82, 2.24) is 4.90 Å². The van der Waals surface area contributed by atoms with Crippen LogP contribution in [-0.2, 0) is 16.0 Å². The molecular formula is C18H25NO3. The van der Waals surface area contributed by atoms with Gasteiger partial charge in [-0.05, 0) is 37.0 Å². The standard InChI is InChI=1S/C18H25NO3/c1-2-14-5-3-6-16(13-14)22-15-8-10-19(11-9-15)18(20)17-7-4-12-21-17/h3,5-6,13,15,17H,2,4,7-12H2,1H3. The Kier molecular flexibility index (Phi) is 4.98. The van der Waals surface area contributed by atoms with Crippen LogP contribution in [0, 0.1) is 0 Å². The molecule has 1 aromatic rings. The van der Waals surface area contributed by atoms with Crippen molar-refractivity contribution in [2.45, 2.75) is 51.2 Å². The van der Waals surface area contributed by atoms with Gasteiger partial charge in [0.2, 0.25) is 0 Å². The highest BCUT2D eigenvalue weighted by Gasteiger charge is 2.31. The van der Waals surface area contributed by atoms with E-state index >= 15 is 0 Å². The molecule has 2 aliphatic rings. The van der Waals surface area contributed by atoms with E-state index in [9.17, 15) is 4.79 Å². The van der Waals surface area contributed by atoms with Crippen molar-refractivity contribution in [3.05, 3.63) is 29.8 Å². The van der Waals surface area contributed by atoms with Gasteiger partial charge in [0.15, 0.2) is 0 Å². The smallest absolute Gasteiger partial charge is 0.251 e. The average Bonchev–Trinajstić information content (AvgIpc) is 3.09. The summed E-state index contributed by atoms with van der Waals surface area (Å²) in [7, 11) is 0. The minimum atomic E-state index is -0.196. The first kappa shape index (κ1) is 15.3. The molecule has 1 aromatic carbocycles. The summed E-state index contributed by atoms with van der Waals surface area (Å²) in [6.45, 7) is 4.42. The van der Waals surface area contributed by atoms with Crippen molar-refractivity contribution in [3.8, 4) is 5.75 Å². The van der Waals surface area contributed by atoms with Gasteiger partial charge < -0.3 is 14.4 Å². The zero-order valence-corrected chi connectivity index (χ0v) is 13.3. The number of hydrogen-bond donors (Lipinski definition) is 0. The molecule has 120 valence electrons. The minimum absolute atomic E-state index is 0.170. The number of rotatable bonds is 4. The Balaban J connectivity index is 1.49. The van der Waals surface area contributed by atoms with Crippen molar-refractivity contribution in [2.24, 2.45) is 0 Å². The number of ether oxygens (including phenoxy) is 2. The fraction of sp³-hybridized carbons (Fsp3) is 0.611. The third-order valence-electron chi connectivity index (χ3n) is 4.57. The first-order valence-electron chi connectivity index (χ1n) is 8.42. The van der Waals surface area contributed by atoms with E-state index in [0.29, 0.717) is 0 Å². The highest BCUT2D eigenvalue weighted by molar-refractivity contribution is 5.81. The zero-order valence-electron chi connectivity index (χ0n) is 13.3. The fourth-order valence-corrected chi connectivity index (χ4v) is 3.20. The molecule has 1 amide bonds. The van der Waals surface area contributed by atoms with E-state index < -0.39 is 0 Å². The van der Waals surface area contributed by atoms with Gasteiger partial charge in [0.05, 0.1) is 0 Å². The van der Waals surface area contributed by atoms with Crippen LogP contribution in [0.3, 0.4) is 0 Å². The largest absolute Gasteiger partial charge is 0.490 e. The molecule has 0 N–H and O–H groups in total. The van der Waals surface area contributed by atoms with Gasteiger partial charge in [-0.2, -0.15) is 0 Å². The number of carbonyl (C=O) groups excluding carboxylic acids is 1. The molecule has 0 bridgehead atoms. The number of aryl methyl sites for hydroxylation is 1. The van der Waals surface area contributed by atoms with E-state index in [1.165, 1.54) is 5.56 Å². The van der Waals surface area contributed by atoms with Crippen LogP contribution in [0.5, 0.6) is 5.75 Å². The average molecular weight is 303 g/mol. The zero-order chi connectivity index (χ0) is 15.4. The molecule has 4 heteroatoms. The number of hydrogen-bond acceptors (Lipinski definition) is 3. The molecule has 0 radical (unpaired) electrons. The molecule has 4 nitrogen and oxygen atoms in total. The van der Waals surface area contributed by atoms with Gasteiger partial charge in [0.25, 0.3) is 5.91 Å². The molecule has 0 saturated carbocycles. The van der Waals surface area contributed by atoms with Crippen LogP contribution in [0.15, 0.2) is 24.3 Å². The normalized spacial score (nSPS) is 22.8. The fourth-order valence-electron chi connectivity index (χ4n) is 3.20. The van der Waals surface area contributed by atoms with E-state index in [4.69, 9.17) is 9.47 Å². The predicted molar refractivity (Wildman–Crippen MR) is 85.0 cm³/mol. The molecule has 1 atom stereocenters. The van der Waals surface area contributed by atoms with Crippen LogP contribution in [0.2, 0.25) is 0 Å². The SMILES string of the molecule is CCc1cccc(OC2CCN(C(=O)C3CCCO3)CC2)c1. The van der Waals surface area contributed by atoms with Gasteiger partial charge in [0.1, 0.15) is 18.0 Å². The molecule has 2 fully saturated rings. The van der Waals surface area contributed by atoms with Crippen molar-refractivity contribution in [3.63, 3.8) is 0 Å². The second kappa shape index (κ2) is 7.14. The first-order chi connectivity index (χ1) is 10.8. The van der Waals surface area contributed by atoms with Crippen molar-refractivity contribution >= 4 is 5.91 Å². The van der Waals surface area contributed by atoms with Gasteiger partial charge in [-0.1, -0.05) is 19.1 Å². The molecule has 22 heavy (non-hydrogen) atoms. The van der Waals surface area contributed by atoms with Crippen LogP contribution in [0.4, 0.5) is 0 Å². The summed E-state index contributed by atoms with van der Waals surface area (Å²) < 4.78 is 11.6. The van der Waals surface area contributed by atoms with Gasteiger partial charge in [-0.15, -0.1) is 0 Å². The maximum Gasteiger partial charge on any atom is 0.251 e. The maximum atomic E-state index is 12.3. The number of carbonyl (C=O) groups is 1. The third kappa shape index (κ3) is 3.61. The molecule has 0 aromatic heterocycles. The van der Waals surface area contributed by atoms with Crippen LogP contribution < -0.4 is 4.74 Å². The number of nitrogens with zero attached hydrogens (tertiary/aromatic N) is 1. The lowest BCUT2D eigenvalue weighted by molar-refractivity contribution is -0.142. The van der Waals surface area contributed by atoms with Gasteiger partial charge >= 0.3 is 0 Å². The summed E-state index contributed by atoms with van der Waals surface area (Å²) in [6, 6.07) is 8.30. The van der Waals surface area contributed by atoms with E-state index in [1.54, 1.807) is 0 Å². The van der Waals surface area contributed by atoms with Crippen molar-refractivity contribution in [2.75, 3.05) is 19.7 Å². The lowest BCUT2D eigenvalue weighted by Gasteiger charge is -2.33. The summed E-state index contributed by atoms with van der Waals surface area (Å²) in [5.74, 6) is 1.12. The van der Waals surface area contributed by atoms with Crippen LogP contribution in [-0.4, -0.2) is 42.7 Å². The Morgan fingerprint density at radius 2 is 2.14 bits per heavy atom. The summed E-state index contributed by atoms with van der Waals surface area (Å²) in [4.78, 5) is 14.3. The molecule has 3 rings (SSSR count). The van der Waals surface area contributed by atoms with Crippen LogP contribution >= 0.6 is 0 Å². The number of amides is 1. The lowest BCUT2D eigenvalue weighted by atomic mass is 10.1. The third-order valence-corrected chi connectivity index (χ3v) is 4.57. The molecule has 1 unspecified atom stereocenters. The highest BCUT2D eigenvalue weighted by Crippen LogP contribution is 2.22. The monoisotopic (exact) mass is 303 g/mol. The Labute approximate surface area is 132 Å². The van der Waals surface area contributed by atoms with Gasteiger partial charge in [-0.25, -0.2) is 0 Å². The van der Waals surface area contributed by atoms with Crippen LogP contribution in [0.1, 0.15) is 38.2 Å². The van der Waals surface area contributed by atoms with Gasteiger partial charge in [-0.3, -0.25) is 4.79 Å². The van der Waals surface area contributed by atoms with Crippen molar-refractivity contribution in [1.29, 1.82) is 0 Å². The molecule has 2 heterocycles. The predicted octanol–water partition coefficient (Wildman–Crippen LogP) is 2.80. The molecule has 2 saturated heterocycles. The van der Waals surface area contributed by atoms with E-state index in [1.807, 2.05) is 17.0 Å². The molecular weight excluding hydrogens is 278 g/mol. The second-order valence-corrected chi connectivity index (χ2v) is 6.15. The Morgan fingerprint density at radius 3 is 2.82 bits per heavy atom.